The third-order valence-corrected chi connectivity index (χ3v) is 10.3. The van der Waals surface area contributed by atoms with Crippen molar-refractivity contribution in [3.05, 3.63) is 64.7 Å². The first-order valence-corrected chi connectivity index (χ1v) is 15.9. The van der Waals surface area contributed by atoms with Crippen molar-refractivity contribution in [2.75, 3.05) is 44.7 Å². The molecule has 10 heteroatoms. The zero-order valence-corrected chi connectivity index (χ0v) is 25.9. The quantitative estimate of drug-likeness (QED) is 0.315. The number of halogens is 2. The number of aromatic nitrogens is 1. The Hall–Kier alpha value is -4.18. The van der Waals surface area contributed by atoms with Crippen LogP contribution in [-0.2, 0) is 11.2 Å². The van der Waals surface area contributed by atoms with Crippen LogP contribution in [0, 0.1) is 28.6 Å². The maximum Gasteiger partial charge on any atom is 0.246 e. The van der Waals surface area contributed by atoms with E-state index in [0.717, 1.165) is 17.5 Å². The molecule has 0 spiro atoms. The van der Waals surface area contributed by atoms with E-state index in [4.69, 9.17) is 21.3 Å². The Balaban J connectivity index is 1.35. The molecule has 2 aromatic carbocycles. The van der Waals surface area contributed by atoms with Gasteiger partial charge in [0.05, 0.1) is 29.7 Å². The Morgan fingerprint density at radius 3 is 2.78 bits per heavy atom. The van der Waals surface area contributed by atoms with Gasteiger partial charge >= 0.3 is 0 Å². The Bertz CT molecular complexity index is 1800. The number of hydrogen-bond donors (Lipinski definition) is 0. The van der Waals surface area contributed by atoms with Crippen molar-refractivity contribution in [2.24, 2.45) is 5.92 Å². The van der Waals surface area contributed by atoms with Gasteiger partial charge in [-0.15, -0.1) is 0 Å². The van der Waals surface area contributed by atoms with Crippen molar-refractivity contribution in [3.63, 3.8) is 0 Å². The minimum absolute atomic E-state index is 0.134. The largest absolute Gasteiger partial charge is 0.475 e. The Morgan fingerprint density at radius 2 is 2.04 bits per heavy atom. The number of piperazine rings is 1. The van der Waals surface area contributed by atoms with Crippen molar-refractivity contribution in [3.8, 4) is 29.1 Å². The summed E-state index contributed by atoms with van der Waals surface area (Å²) in [5, 5.41) is 21.4. The first kappa shape index (κ1) is 29.5. The van der Waals surface area contributed by atoms with Gasteiger partial charge in [-0.05, 0) is 73.0 Å². The van der Waals surface area contributed by atoms with E-state index in [1.807, 2.05) is 29.0 Å². The number of nitrogens with zero attached hydrogens (tertiary/aromatic N) is 6. The maximum atomic E-state index is 14.2. The molecule has 1 amide bonds. The molecular formula is C35H34ClFN6O2. The van der Waals surface area contributed by atoms with Crippen LogP contribution >= 0.6 is 11.6 Å². The summed E-state index contributed by atoms with van der Waals surface area (Å²) in [7, 11) is 1.87. The number of likely N-dealkylation sites (tertiary alicyclic amines) is 1. The third kappa shape index (κ3) is 5.18. The van der Waals surface area contributed by atoms with Gasteiger partial charge in [-0.3, -0.25) is 9.69 Å². The molecule has 7 rings (SSSR count). The van der Waals surface area contributed by atoms with Crippen molar-refractivity contribution in [2.45, 2.75) is 49.9 Å². The predicted molar refractivity (Wildman–Crippen MR) is 171 cm³/mol. The molecule has 3 heterocycles. The minimum atomic E-state index is -0.922. The molecule has 5 atom stereocenters. The fourth-order valence-electron chi connectivity index (χ4n) is 7.69. The average Bonchev–Trinajstić information content (AvgIpc) is 3.58. The number of alkyl halides is 1. The number of nitriles is 2. The summed E-state index contributed by atoms with van der Waals surface area (Å²) in [6, 6.07) is 14.3. The molecule has 1 saturated carbocycles. The lowest BCUT2D eigenvalue weighted by molar-refractivity contribution is -0.128. The topological polar surface area (TPSA) is 96.5 Å². The normalized spacial score (nSPS) is 25.4. The molecule has 2 aliphatic heterocycles. The number of anilines is 1. The second kappa shape index (κ2) is 11.6. The number of ether oxygens (including phenoxy) is 1. The van der Waals surface area contributed by atoms with Crippen LogP contribution in [0.3, 0.4) is 0 Å². The van der Waals surface area contributed by atoms with E-state index in [1.165, 1.54) is 23.6 Å². The first-order chi connectivity index (χ1) is 21.8. The number of fused-ring (bicyclic) bond motifs is 4. The number of pyridine rings is 1. The Labute approximate surface area is 267 Å². The molecule has 3 fully saturated rings. The molecule has 8 nitrogen and oxygen atoms in total. The zero-order chi connectivity index (χ0) is 31.4. The van der Waals surface area contributed by atoms with Crippen LogP contribution < -0.4 is 9.64 Å². The predicted octanol–water partition coefficient (Wildman–Crippen LogP) is 5.62. The van der Waals surface area contributed by atoms with Crippen LogP contribution in [0.4, 0.5) is 10.1 Å². The SMILES string of the molecule is C=CC(=O)N1CCN(c2c(C#N)c(OC[C@@H]3C[C@@H](F)CN3C)nc3cc(-c4cccc5c4C4CC4C5)c(Cl)cc23)C[C@@H]1CC#N. The van der Waals surface area contributed by atoms with Gasteiger partial charge in [-0.2, -0.15) is 10.5 Å². The Morgan fingerprint density at radius 1 is 1.20 bits per heavy atom. The van der Waals surface area contributed by atoms with E-state index in [-0.39, 0.29) is 36.4 Å². The van der Waals surface area contributed by atoms with Crippen LogP contribution in [0.5, 0.6) is 5.88 Å². The van der Waals surface area contributed by atoms with Gasteiger partial charge in [-0.1, -0.05) is 36.4 Å². The van der Waals surface area contributed by atoms with Crippen LogP contribution in [0.2, 0.25) is 5.02 Å². The lowest BCUT2D eigenvalue weighted by Gasteiger charge is -2.42. The van der Waals surface area contributed by atoms with Crippen molar-refractivity contribution < 1.29 is 13.9 Å². The van der Waals surface area contributed by atoms with Crippen molar-refractivity contribution in [1.29, 1.82) is 10.5 Å². The summed E-state index contributed by atoms with van der Waals surface area (Å²) >= 11 is 7.08. The van der Waals surface area contributed by atoms with Crippen molar-refractivity contribution >= 4 is 34.1 Å². The molecule has 0 bridgehead atoms. The third-order valence-electron chi connectivity index (χ3n) is 10.0. The summed E-state index contributed by atoms with van der Waals surface area (Å²) in [6.07, 6.45) is 3.14. The molecular weight excluding hydrogens is 591 g/mol. The van der Waals surface area contributed by atoms with Crippen molar-refractivity contribution in [1.82, 2.24) is 14.8 Å². The standard InChI is InChI=1S/C35H34ClFN6O2/c1-3-32(44)43-10-9-42(18-23(43)7-8-38)34-28-14-30(36)27(25-6-4-5-20-11-21-12-26(21)33(20)25)15-31(28)40-35(29(34)16-39)45-19-24-13-22(37)17-41(24)2/h3-6,14-15,21-24,26H,1,7,9-13,17-19H2,2H3/t21?,22-,23+,24+,26?/m1/s1. The van der Waals surface area contributed by atoms with Gasteiger partial charge < -0.3 is 14.5 Å². The van der Waals surface area contributed by atoms with E-state index in [0.29, 0.717) is 66.0 Å². The highest BCUT2D eigenvalue weighted by atomic mass is 35.5. The van der Waals surface area contributed by atoms with Gasteiger partial charge in [0.2, 0.25) is 11.8 Å². The highest BCUT2D eigenvalue weighted by Crippen LogP contribution is 2.59. The lowest BCUT2D eigenvalue weighted by Crippen LogP contribution is -2.55. The second-order valence-corrected chi connectivity index (χ2v) is 13.1. The summed E-state index contributed by atoms with van der Waals surface area (Å²) in [4.78, 5) is 23.1. The monoisotopic (exact) mass is 624 g/mol. The fraction of sp³-hybridized carbons (Fsp3) is 0.429. The molecule has 45 heavy (non-hydrogen) atoms. The van der Waals surface area contributed by atoms with Crippen LogP contribution in [0.1, 0.15) is 41.9 Å². The highest BCUT2D eigenvalue weighted by molar-refractivity contribution is 6.34. The molecule has 1 aromatic heterocycles. The van der Waals surface area contributed by atoms with E-state index in [1.54, 1.807) is 4.90 Å². The van der Waals surface area contributed by atoms with Gasteiger partial charge in [0.15, 0.2) is 0 Å². The van der Waals surface area contributed by atoms with E-state index in [9.17, 15) is 19.7 Å². The zero-order valence-electron chi connectivity index (χ0n) is 25.2. The average molecular weight is 625 g/mol. The van der Waals surface area contributed by atoms with Gasteiger partial charge in [0, 0.05) is 48.2 Å². The molecule has 3 aromatic rings. The summed E-state index contributed by atoms with van der Waals surface area (Å²) in [5.41, 5.74) is 6.26. The van der Waals surface area contributed by atoms with Crippen LogP contribution in [0.15, 0.2) is 43.0 Å². The number of rotatable bonds is 7. The summed E-state index contributed by atoms with van der Waals surface area (Å²) in [6.45, 7) is 5.28. The van der Waals surface area contributed by atoms with Gasteiger partial charge in [-0.25, -0.2) is 9.37 Å². The number of benzene rings is 2. The van der Waals surface area contributed by atoms with Gasteiger partial charge in [0.25, 0.3) is 0 Å². The summed E-state index contributed by atoms with van der Waals surface area (Å²) < 4.78 is 20.4. The molecule has 2 unspecified atom stereocenters. The molecule has 4 aliphatic rings. The molecule has 0 radical (unpaired) electrons. The molecule has 230 valence electrons. The molecule has 0 N–H and O–H groups in total. The number of amides is 1. The number of likely N-dealkylation sites (N-methyl/N-ethyl adjacent to an activating group) is 1. The number of carbonyl (C=O) groups is 1. The fourth-order valence-corrected chi connectivity index (χ4v) is 7.95. The van der Waals surface area contributed by atoms with Crippen LogP contribution in [-0.4, -0.2) is 78.8 Å². The molecule has 2 aliphatic carbocycles. The maximum absolute atomic E-state index is 14.2. The number of carbonyl (C=O) groups excluding carboxylic acids is 1. The van der Waals surface area contributed by atoms with E-state index >= 15 is 0 Å². The minimum Gasteiger partial charge on any atom is -0.475 e. The summed E-state index contributed by atoms with van der Waals surface area (Å²) in [5.74, 6) is 1.24. The molecule has 2 saturated heterocycles. The lowest BCUT2D eigenvalue weighted by atomic mass is 9.93. The van der Waals surface area contributed by atoms with E-state index < -0.39 is 12.2 Å². The highest BCUT2D eigenvalue weighted by Gasteiger charge is 2.46. The smallest absolute Gasteiger partial charge is 0.246 e. The first-order valence-electron chi connectivity index (χ1n) is 15.5. The second-order valence-electron chi connectivity index (χ2n) is 12.7. The number of hydrogen-bond acceptors (Lipinski definition) is 7. The van der Waals surface area contributed by atoms with Crippen LogP contribution in [0.25, 0.3) is 22.0 Å². The van der Waals surface area contributed by atoms with Gasteiger partial charge in [0.1, 0.15) is 24.4 Å². The Kier molecular flexibility index (Phi) is 7.63. The van der Waals surface area contributed by atoms with E-state index in [2.05, 4.69) is 36.9 Å².